The number of hydrogen-bond acceptors (Lipinski definition) is 4. The molecule has 6 heteroatoms. The zero-order chi connectivity index (χ0) is 13.2. The van der Waals surface area contributed by atoms with E-state index in [0.717, 1.165) is 0 Å². The summed E-state index contributed by atoms with van der Waals surface area (Å²) in [6.07, 6.45) is -0.925. The normalized spacial score (nSPS) is 18.8. The minimum Gasteiger partial charge on any atom is -0.387 e. The van der Waals surface area contributed by atoms with Crippen molar-refractivity contribution < 1.29 is 19.4 Å². The monoisotopic (exact) mass is 254 g/mol. The molecule has 5 nitrogen and oxygen atoms in total. The van der Waals surface area contributed by atoms with Crippen LogP contribution in [0.4, 0.5) is 4.39 Å². The van der Waals surface area contributed by atoms with Gasteiger partial charge in [-0.2, -0.15) is 0 Å². The Hall–Kier alpha value is -1.50. The molecule has 0 spiro atoms. The van der Waals surface area contributed by atoms with E-state index < -0.39 is 17.6 Å². The summed E-state index contributed by atoms with van der Waals surface area (Å²) in [6, 6.07) is 5.38. The third kappa shape index (κ3) is 2.66. The smallest absolute Gasteiger partial charge is 0.254 e. The molecule has 1 saturated heterocycles. The summed E-state index contributed by atoms with van der Waals surface area (Å²) in [6.45, 7) is 0.406. The maximum Gasteiger partial charge on any atom is 0.254 e. The lowest BCUT2D eigenvalue weighted by molar-refractivity contribution is -0.145. The topological polar surface area (TPSA) is 81.6 Å². The van der Waals surface area contributed by atoms with Gasteiger partial charge in [-0.05, 0) is 17.7 Å². The summed E-state index contributed by atoms with van der Waals surface area (Å²) < 4.78 is 12.7. The van der Waals surface area contributed by atoms with Crippen molar-refractivity contribution in [1.29, 1.82) is 0 Å². The van der Waals surface area contributed by atoms with Gasteiger partial charge in [-0.25, -0.2) is 4.39 Å². The van der Waals surface area contributed by atoms with Crippen LogP contribution in [0.2, 0.25) is 0 Å². The summed E-state index contributed by atoms with van der Waals surface area (Å²) in [4.78, 5) is 11.6. The molecule has 0 aliphatic carbocycles. The van der Waals surface area contributed by atoms with E-state index in [1.165, 1.54) is 24.3 Å². The maximum absolute atomic E-state index is 12.7. The minimum atomic E-state index is -1.37. The molecule has 1 aromatic carbocycles. The highest BCUT2D eigenvalue weighted by Crippen LogP contribution is 2.14. The molecular formula is C12H15FN2O3. The zero-order valence-electron chi connectivity index (χ0n) is 9.69. The van der Waals surface area contributed by atoms with Crippen LogP contribution in [0.3, 0.4) is 0 Å². The number of halogens is 1. The molecule has 98 valence electrons. The fourth-order valence-corrected chi connectivity index (χ4v) is 1.68. The Balaban J connectivity index is 1.86. The Bertz CT molecular complexity index is 431. The van der Waals surface area contributed by atoms with Crippen LogP contribution in [-0.2, 0) is 4.79 Å². The molecule has 0 bridgehead atoms. The molecular weight excluding hydrogens is 239 g/mol. The van der Waals surface area contributed by atoms with Gasteiger partial charge < -0.3 is 20.8 Å². The number of carbonyl (C=O) groups is 1. The zero-order valence-corrected chi connectivity index (χ0v) is 9.69. The van der Waals surface area contributed by atoms with Gasteiger partial charge in [0.2, 0.25) is 0 Å². The SMILES string of the molecule is O=C(NCC(O)c1ccc(F)cc1)C1(O)CNC1. The van der Waals surface area contributed by atoms with E-state index in [9.17, 15) is 19.4 Å². The number of β-amino-alcohol motifs (C(OH)–C–C–N with tert-alkyl or cyclic N) is 1. The molecule has 1 atom stereocenters. The molecule has 0 saturated carbocycles. The highest BCUT2D eigenvalue weighted by molar-refractivity contribution is 5.86. The number of nitrogens with one attached hydrogen (secondary N) is 2. The lowest BCUT2D eigenvalue weighted by atomic mass is 9.96. The van der Waals surface area contributed by atoms with Gasteiger partial charge in [0.15, 0.2) is 5.60 Å². The molecule has 0 aromatic heterocycles. The van der Waals surface area contributed by atoms with Crippen molar-refractivity contribution in [2.75, 3.05) is 19.6 Å². The lowest BCUT2D eigenvalue weighted by Gasteiger charge is -2.35. The van der Waals surface area contributed by atoms with Crippen molar-refractivity contribution in [2.24, 2.45) is 0 Å². The van der Waals surface area contributed by atoms with Crippen LogP contribution in [0.15, 0.2) is 24.3 Å². The van der Waals surface area contributed by atoms with Gasteiger partial charge in [-0.3, -0.25) is 4.79 Å². The van der Waals surface area contributed by atoms with Crippen LogP contribution in [0.1, 0.15) is 11.7 Å². The molecule has 1 aliphatic heterocycles. The Labute approximate surface area is 104 Å². The van der Waals surface area contributed by atoms with Gasteiger partial charge in [0.1, 0.15) is 5.82 Å². The average Bonchev–Trinajstić information content (AvgIpc) is 2.33. The molecule has 4 N–H and O–H groups in total. The number of aliphatic hydroxyl groups is 2. The van der Waals surface area contributed by atoms with Crippen LogP contribution < -0.4 is 10.6 Å². The van der Waals surface area contributed by atoms with Gasteiger partial charge in [0.05, 0.1) is 6.10 Å². The fourth-order valence-electron chi connectivity index (χ4n) is 1.68. The number of rotatable bonds is 4. The summed E-state index contributed by atoms with van der Waals surface area (Å²) in [5.41, 5.74) is -0.863. The van der Waals surface area contributed by atoms with Gasteiger partial charge in [-0.15, -0.1) is 0 Å². The Morgan fingerprint density at radius 3 is 2.56 bits per heavy atom. The predicted octanol–water partition coefficient (Wildman–Crippen LogP) is -0.690. The van der Waals surface area contributed by atoms with Crippen molar-refractivity contribution >= 4 is 5.91 Å². The maximum atomic E-state index is 12.7. The van der Waals surface area contributed by atoms with Crippen molar-refractivity contribution in [1.82, 2.24) is 10.6 Å². The lowest BCUT2D eigenvalue weighted by Crippen LogP contribution is -2.67. The molecule has 2 rings (SSSR count). The van der Waals surface area contributed by atoms with Crippen LogP contribution >= 0.6 is 0 Å². The Morgan fingerprint density at radius 2 is 2.06 bits per heavy atom. The summed E-state index contributed by atoms with van der Waals surface area (Å²) in [5, 5.41) is 24.7. The molecule has 1 heterocycles. The fraction of sp³-hybridized carbons (Fsp3) is 0.417. The van der Waals surface area contributed by atoms with Crippen molar-refractivity contribution in [3.05, 3.63) is 35.6 Å². The van der Waals surface area contributed by atoms with E-state index in [1.54, 1.807) is 0 Å². The van der Waals surface area contributed by atoms with E-state index >= 15 is 0 Å². The molecule has 1 amide bonds. The van der Waals surface area contributed by atoms with Crippen molar-refractivity contribution in [2.45, 2.75) is 11.7 Å². The molecule has 1 aliphatic rings. The molecule has 0 radical (unpaired) electrons. The van der Waals surface area contributed by atoms with E-state index in [0.29, 0.717) is 5.56 Å². The quantitative estimate of drug-likeness (QED) is 0.573. The first-order chi connectivity index (χ1) is 8.51. The number of hydrogen-bond donors (Lipinski definition) is 4. The number of aliphatic hydroxyl groups excluding tert-OH is 1. The van der Waals surface area contributed by atoms with Gasteiger partial charge in [0, 0.05) is 19.6 Å². The van der Waals surface area contributed by atoms with Gasteiger partial charge in [0.25, 0.3) is 5.91 Å². The van der Waals surface area contributed by atoms with E-state index in [1.807, 2.05) is 0 Å². The first-order valence-electron chi connectivity index (χ1n) is 5.66. The van der Waals surface area contributed by atoms with E-state index in [2.05, 4.69) is 10.6 Å². The third-order valence-electron chi connectivity index (χ3n) is 2.97. The standard InChI is InChI=1S/C12H15FN2O3/c13-9-3-1-8(2-4-9)10(16)5-15-11(17)12(18)6-14-7-12/h1-4,10,14,16,18H,5-7H2,(H,15,17). The second-order valence-electron chi connectivity index (χ2n) is 4.41. The number of benzene rings is 1. The largest absolute Gasteiger partial charge is 0.387 e. The molecule has 1 aromatic rings. The molecule has 1 unspecified atom stereocenters. The van der Waals surface area contributed by atoms with Crippen LogP contribution in [0, 0.1) is 5.82 Å². The van der Waals surface area contributed by atoms with Crippen LogP contribution in [0.5, 0.6) is 0 Å². The minimum absolute atomic E-state index is 0.0211. The Morgan fingerprint density at radius 1 is 1.44 bits per heavy atom. The number of amides is 1. The first kappa shape index (κ1) is 12.9. The summed E-state index contributed by atoms with van der Waals surface area (Å²) in [7, 11) is 0. The summed E-state index contributed by atoms with van der Waals surface area (Å²) in [5.74, 6) is -0.896. The second kappa shape index (κ2) is 5.01. The van der Waals surface area contributed by atoms with E-state index in [4.69, 9.17) is 0 Å². The van der Waals surface area contributed by atoms with Crippen LogP contribution in [-0.4, -0.2) is 41.4 Å². The average molecular weight is 254 g/mol. The third-order valence-corrected chi connectivity index (χ3v) is 2.97. The van der Waals surface area contributed by atoms with E-state index in [-0.39, 0.29) is 25.5 Å². The van der Waals surface area contributed by atoms with Crippen molar-refractivity contribution in [3.8, 4) is 0 Å². The molecule has 1 fully saturated rings. The Kier molecular flexibility index (Phi) is 3.60. The number of carbonyl (C=O) groups excluding carboxylic acids is 1. The molecule has 18 heavy (non-hydrogen) atoms. The second-order valence-corrected chi connectivity index (χ2v) is 4.41. The first-order valence-corrected chi connectivity index (χ1v) is 5.66. The predicted molar refractivity (Wildman–Crippen MR) is 62.2 cm³/mol. The van der Waals surface area contributed by atoms with Crippen molar-refractivity contribution in [3.63, 3.8) is 0 Å². The van der Waals surface area contributed by atoms with Gasteiger partial charge in [-0.1, -0.05) is 12.1 Å². The highest BCUT2D eigenvalue weighted by atomic mass is 19.1. The van der Waals surface area contributed by atoms with Gasteiger partial charge >= 0.3 is 0 Å². The van der Waals surface area contributed by atoms with Crippen LogP contribution in [0.25, 0.3) is 0 Å². The summed E-state index contributed by atoms with van der Waals surface area (Å²) >= 11 is 0. The highest BCUT2D eigenvalue weighted by Gasteiger charge is 2.42.